The molecule has 25 heavy (non-hydrogen) atoms. The summed E-state index contributed by atoms with van der Waals surface area (Å²) < 4.78 is 11.5. The number of carbonyl (C=O) groups is 2. The first-order valence-corrected chi connectivity index (χ1v) is 8.56. The second kappa shape index (κ2) is 5.09. The second-order valence-corrected chi connectivity index (χ2v) is 6.98. The van der Waals surface area contributed by atoms with Crippen LogP contribution in [0.5, 0.6) is 5.75 Å². The molecule has 5 heterocycles. The molecule has 4 fully saturated rings. The minimum absolute atomic E-state index is 0.0402. The van der Waals surface area contributed by atoms with E-state index < -0.39 is 5.72 Å². The topological polar surface area (TPSA) is 68.7 Å². The number of nitrogens with zero attached hydrogens (tertiary/aromatic N) is 2. The van der Waals surface area contributed by atoms with Crippen molar-refractivity contribution in [1.29, 1.82) is 0 Å². The molecule has 2 aromatic rings. The predicted octanol–water partition coefficient (Wildman–Crippen LogP) is 1.87. The molecule has 0 aliphatic carbocycles. The largest absolute Gasteiger partial charge is 0.497 e. The lowest BCUT2D eigenvalue weighted by Crippen LogP contribution is -2.65. The molecule has 0 spiro atoms. The molecular weight excluding hydrogens is 320 g/mol. The third-order valence-electron chi connectivity index (χ3n) is 5.90. The molecule has 4 aliphatic heterocycles. The first-order valence-electron chi connectivity index (χ1n) is 8.56. The Hall–Kier alpha value is -2.31. The summed E-state index contributed by atoms with van der Waals surface area (Å²) in [6.45, 7) is 0.725. The number of rotatable bonds is 3. The molecule has 6 heteroatoms. The Balaban J connectivity index is 1.67. The molecule has 0 N–H and O–H groups in total. The number of hydrogen-bond donors (Lipinski definition) is 0. The lowest BCUT2D eigenvalue weighted by Gasteiger charge is -2.46. The number of hydrogen-bond acceptors (Lipinski definition) is 6. The summed E-state index contributed by atoms with van der Waals surface area (Å²) in [6, 6.07) is 7.68. The molecule has 1 aromatic carbocycles. The van der Waals surface area contributed by atoms with Gasteiger partial charge >= 0.3 is 0 Å². The standard InChI is InChI=1S/C19H18N2O4/c1-24-12-2-3-15-14(9-12)13(4-6-20-15)17-16-8-11-5-7-21(16)19(10-22,25-17)18(11)23/h2-4,6,9-11,16-17H,5,7-8H2,1H3/t11-,16+,17-,19+/m0/s1. The third-order valence-corrected chi connectivity index (χ3v) is 5.90. The van der Waals surface area contributed by atoms with Crippen molar-refractivity contribution in [3.8, 4) is 5.75 Å². The summed E-state index contributed by atoms with van der Waals surface area (Å²) in [7, 11) is 1.63. The van der Waals surface area contributed by atoms with Crippen LogP contribution in [-0.2, 0) is 14.3 Å². The maximum atomic E-state index is 12.7. The molecule has 6 rings (SSSR count). The van der Waals surface area contributed by atoms with Gasteiger partial charge in [-0.2, -0.15) is 0 Å². The number of piperidine rings is 3. The van der Waals surface area contributed by atoms with Crippen LogP contribution in [0.25, 0.3) is 10.9 Å². The summed E-state index contributed by atoms with van der Waals surface area (Å²) in [4.78, 5) is 30.9. The van der Waals surface area contributed by atoms with Gasteiger partial charge in [0.2, 0.25) is 5.72 Å². The van der Waals surface area contributed by atoms with E-state index in [0.29, 0.717) is 6.29 Å². The van der Waals surface area contributed by atoms with E-state index >= 15 is 0 Å². The van der Waals surface area contributed by atoms with Crippen molar-refractivity contribution in [2.45, 2.75) is 30.7 Å². The number of benzene rings is 1. The number of aromatic nitrogens is 1. The van der Waals surface area contributed by atoms with Crippen molar-refractivity contribution in [2.75, 3.05) is 13.7 Å². The van der Waals surface area contributed by atoms with Gasteiger partial charge in [-0.25, -0.2) is 0 Å². The fourth-order valence-corrected chi connectivity index (χ4v) is 4.71. The maximum Gasteiger partial charge on any atom is 0.239 e. The normalized spacial score (nSPS) is 36.0. The smallest absolute Gasteiger partial charge is 0.239 e. The molecule has 1 unspecified atom stereocenters. The van der Waals surface area contributed by atoms with Crippen molar-refractivity contribution in [3.63, 3.8) is 0 Å². The molecule has 0 saturated carbocycles. The van der Waals surface area contributed by atoms with E-state index in [9.17, 15) is 9.59 Å². The molecule has 0 radical (unpaired) electrons. The van der Waals surface area contributed by atoms with Gasteiger partial charge in [0.15, 0.2) is 12.1 Å². The second-order valence-electron chi connectivity index (χ2n) is 6.98. The van der Waals surface area contributed by atoms with Crippen LogP contribution in [0.2, 0.25) is 0 Å². The average Bonchev–Trinajstić information content (AvgIpc) is 2.96. The summed E-state index contributed by atoms with van der Waals surface area (Å²) >= 11 is 0. The van der Waals surface area contributed by atoms with E-state index in [1.165, 1.54) is 0 Å². The first kappa shape index (κ1) is 15.0. The molecule has 6 nitrogen and oxygen atoms in total. The zero-order valence-corrected chi connectivity index (χ0v) is 13.8. The molecule has 128 valence electrons. The third kappa shape index (κ3) is 1.84. The van der Waals surface area contributed by atoms with E-state index in [0.717, 1.165) is 41.6 Å². The van der Waals surface area contributed by atoms with Gasteiger partial charge in [-0.05, 0) is 42.7 Å². The SMILES string of the molecule is COc1ccc2nccc([C@@H]3O[C@]4(C=O)C(=O)[C@H]5CCN4[C@@H]3C5)c2c1. The van der Waals surface area contributed by atoms with Gasteiger partial charge in [0.05, 0.1) is 12.6 Å². The number of ether oxygens (including phenoxy) is 2. The Kier molecular flexibility index (Phi) is 3.05. The lowest BCUT2D eigenvalue weighted by molar-refractivity contribution is -0.176. The van der Waals surface area contributed by atoms with Gasteiger partial charge in [-0.3, -0.25) is 19.5 Å². The Bertz CT molecular complexity index is 898. The number of methoxy groups -OCH3 is 1. The van der Waals surface area contributed by atoms with Gasteiger partial charge < -0.3 is 9.47 Å². The van der Waals surface area contributed by atoms with Crippen LogP contribution in [0.3, 0.4) is 0 Å². The number of Topliss-reactive ketones (excluding diaryl/α,β-unsaturated/α-hetero) is 1. The van der Waals surface area contributed by atoms with Crippen molar-refractivity contribution in [3.05, 3.63) is 36.0 Å². The van der Waals surface area contributed by atoms with E-state index in [1.54, 1.807) is 13.3 Å². The number of carbonyl (C=O) groups excluding carboxylic acids is 2. The fourth-order valence-electron chi connectivity index (χ4n) is 4.71. The zero-order valence-electron chi connectivity index (χ0n) is 13.8. The van der Waals surface area contributed by atoms with Crippen molar-refractivity contribution >= 4 is 23.0 Å². The molecule has 0 amide bonds. The van der Waals surface area contributed by atoms with Gasteiger partial charge in [0.25, 0.3) is 0 Å². The van der Waals surface area contributed by atoms with Crippen LogP contribution in [0, 0.1) is 5.92 Å². The van der Waals surface area contributed by atoms with Crippen LogP contribution in [0.4, 0.5) is 0 Å². The van der Waals surface area contributed by atoms with Gasteiger partial charge in [-0.15, -0.1) is 0 Å². The van der Waals surface area contributed by atoms with Crippen molar-refractivity contribution in [1.82, 2.24) is 9.88 Å². The van der Waals surface area contributed by atoms with E-state index in [1.807, 2.05) is 29.2 Å². The summed E-state index contributed by atoms with van der Waals surface area (Å²) in [5.74, 6) is 0.585. The van der Waals surface area contributed by atoms with E-state index in [2.05, 4.69) is 4.98 Å². The highest BCUT2D eigenvalue weighted by Crippen LogP contribution is 2.53. The molecule has 5 atom stereocenters. The van der Waals surface area contributed by atoms with Gasteiger partial charge in [0.1, 0.15) is 11.9 Å². The molecule has 4 bridgehead atoms. The van der Waals surface area contributed by atoms with Crippen LogP contribution < -0.4 is 4.74 Å². The highest BCUT2D eigenvalue weighted by atomic mass is 16.6. The van der Waals surface area contributed by atoms with E-state index in [-0.39, 0.29) is 23.8 Å². The maximum absolute atomic E-state index is 12.7. The highest BCUT2D eigenvalue weighted by Gasteiger charge is 2.65. The Morgan fingerprint density at radius 2 is 2.28 bits per heavy atom. The highest BCUT2D eigenvalue weighted by molar-refractivity contribution is 6.04. The van der Waals surface area contributed by atoms with Crippen molar-refractivity contribution in [2.24, 2.45) is 5.92 Å². The number of ketones is 1. The number of pyridine rings is 1. The molecule has 4 aliphatic rings. The predicted molar refractivity (Wildman–Crippen MR) is 89.1 cm³/mol. The Morgan fingerprint density at radius 1 is 1.40 bits per heavy atom. The van der Waals surface area contributed by atoms with Crippen LogP contribution >= 0.6 is 0 Å². The van der Waals surface area contributed by atoms with Gasteiger partial charge in [0, 0.05) is 30.1 Å². The van der Waals surface area contributed by atoms with Crippen LogP contribution in [0.15, 0.2) is 30.5 Å². The molecular formula is C19H18N2O4. The lowest BCUT2D eigenvalue weighted by atomic mass is 9.76. The monoisotopic (exact) mass is 338 g/mol. The van der Waals surface area contributed by atoms with Crippen LogP contribution in [-0.4, -0.2) is 47.4 Å². The summed E-state index contributed by atoms with van der Waals surface area (Å²) in [6.07, 6.45) is 3.67. The summed E-state index contributed by atoms with van der Waals surface area (Å²) in [5.41, 5.74) is 0.401. The minimum atomic E-state index is -1.40. The Labute approximate surface area is 144 Å². The minimum Gasteiger partial charge on any atom is -0.497 e. The molecule has 1 aromatic heterocycles. The molecule has 4 saturated heterocycles. The zero-order chi connectivity index (χ0) is 17.2. The first-order chi connectivity index (χ1) is 12.2. The summed E-state index contributed by atoms with van der Waals surface area (Å²) in [5, 5.41) is 0.935. The number of fused-ring (bicyclic) bond motifs is 2. The Morgan fingerprint density at radius 3 is 3.04 bits per heavy atom. The van der Waals surface area contributed by atoms with Gasteiger partial charge in [-0.1, -0.05) is 0 Å². The van der Waals surface area contributed by atoms with E-state index in [4.69, 9.17) is 9.47 Å². The van der Waals surface area contributed by atoms with Crippen molar-refractivity contribution < 1.29 is 19.1 Å². The fraction of sp³-hybridized carbons (Fsp3) is 0.421. The van der Waals surface area contributed by atoms with Crippen LogP contribution in [0.1, 0.15) is 24.5 Å². The number of aldehydes is 1. The average molecular weight is 338 g/mol. The quantitative estimate of drug-likeness (QED) is 0.629.